The van der Waals surface area contributed by atoms with Crippen LogP contribution in [-0.4, -0.2) is 9.55 Å². The molecule has 3 rings (SSSR count). The van der Waals surface area contributed by atoms with Gasteiger partial charge < -0.3 is 4.57 Å². The van der Waals surface area contributed by atoms with E-state index in [0.717, 1.165) is 16.9 Å². The molecule has 2 aromatic heterocycles. The van der Waals surface area contributed by atoms with E-state index in [-0.39, 0.29) is 11.4 Å². The van der Waals surface area contributed by atoms with E-state index in [2.05, 4.69) is 71.3 Å². The summed E-state index contributed by atoms with van der Waals surface area (Å²) in [6, 6.07) is 11.0. The third kappa shape index (κ3) is 2.85. The molecule has 2 nitrogen and oxygen atoms in total. The van der Waals surface area contributed by atoms with Crippen molar-refractivity contribution in [3.05, 3.63) is 49.5 Å². The van der Waals surface area contributed by atoms with Crippen molar-refractivity contribution in [2.24, 2.45) is 0 Å². The molecule has 0 bridgehead atoms. The Morgan fingerprint density at radius 2 is 2.00 bits per heavy atom. The number of alkyl halides is 1. The minimum atomic E-state index is -0.112. The number of hydrogen-bond donors (Lipinski definition) is 0. The zero-order valence-corrected chi connectivity index (χ0v) is 15.8. The van der Waals surface area contributed by atoms with Gasteiger partial charge in [0.2, 0.25) is 0 Å². The second-order valence-corrected chi connectivity index (χ2v) is 8.43. The average Bonchev–Trinajstić information content (AvgIpc) is 3.01. The van der Waals surface area contributed by atoms with Gasteiger partial charge in [0.1, 0.15) is 5.82 Å². The quantitative estimate of drug-likeness (QED) is 0.372. The van der Waals surface area contributed by atoms with Crippen molar-refractivity contribution in [1.29, 1.82) is 0 Å². The normalized spacial score (nSPS) is 14.5. The van der Waals surface area contributed by atoms with Crippen molar-refractivity contribution in [1.82, 2.24) is 9.55 Å². The summed E-state index contributed by atoms with van der Waals surface area (Å²) in [6.45, 7) is 6.34. The first kappa shape index (κ1) is 15.3. The number of halogens is 2. The molecule has 0 amide bonds. The smallest absolute Gasteiger partial charge is 0.128 e. The molecule has 2 unspecified atom stereocenters. The number of thiophene rings is 1. The highest BCUT2D eigenvalue weighted by Crippen LogP contribution is 2.33. The van der Waals surface area contributed by atoms with Gasteiger partial charge in [-0.15, -0.1) is 22.9 Å². The number of benzene rings is 1. The van der Waals surface area contributed by atoms with Crippen LogP contribution in [0.2, 0.25) is 0 Å². The van der Waals surface area contributed by atoms with E-state index in [1.807, 2.05) is 18.3 Å². The van der Waals surface area contributed by atoms with Gasteiger partial charge in [0, 0.05) is 13.3 Å². The molecule has 110 valence electrons. The number of aromatic nitrogens is 2. The van der Waals surface area contributed by atoms with Gasteiger partial charge in [-0.1, -0.05) is 0 Å². The van der Waals surface area contributed by atoms with Gasteiger partial charge in [0.15, 0.2) is 0 Å². The minimum absolute atomic E-state index is 0.112. The summed E-state index contributed by atoms with van der Waals surface area (Å²) in [7, 11) is 0. The van der Waals surface area contributed by atoms with Crippen LogP contribution in [-0.2, 0) is 0 Å². The molecule has 2 heterocycles. The molecule has 5 heteroatoms. The zero-order chi connectivity index (χ0) is 15.1. The highest BCUT2D eigenvalue weighted by Gasteiger charge is 2.21. The molecule has 0 fully saturated rings. The van der Waals surface area contributed by atoms with Gasteiger partial charge in [-0.2, -0.15) is 0 Å². The molecule has 1 aromatic carbocycles. The Kier molecular flexibility index (Phi) is 4.30. The summed E-state index contributed by atoms with van der Waals surface area (Å²) < 4.78 is 3.46. The van der Waals surface area contributed by atoms with Crippen LogP contribution in [0.1, 0.15) is 40.8 Å². The number of nitrogens with zero attached hydrogens (tertiary/aromatic N) is 2. The summed E-state index contributed by atoms with van der Waals surface area (Å²) in [5.74, 6) is 0.937. The van der Waals surface area contributed by atoms with E-state index in [9.17, 15) is 0 Å². The molecule has 0 saturated carbocycles. The van der Waals surface area contributed by atoms with Gasteiger partial charge in [-0.3, -0.25) is 0 Å². The Bertz CT molecular complexity index is 791. The lowest BCUT2D eigenvalue weighted by Gasteiger charge is -2.17. The first-order chi connectivity index (χ1) is 9.97. The Labute approximate surface area is 147 Å². The molecule has 3 aromatic rings. The predicted molar refractivity (Wildman–Crippen MR) is 99.6 cm³/mol. The highest BCUT2D eigenvalue weighted by molar-refractivity contribution is 14.1. The first-order valence-corrected chi connectivity index (χ1v) is 9.18. The van der Waals surface area contributed by atoms with Crippen molar-refractivity contribution < 1.29 is 0 Å². The Morgan fingerprint density at radius 3 is 2.62 bits per heavy atom. The van der Waals surface area contributed by atoms with Crippen LogP contribution in [0.5, 0.6) is 0 Å². The lowest BCUT2D eigenvalue weighted by molar-refractivity contribution is 0.628. The molecule has 0 saturated heterocycles. The second kappa shape index (κ2) is 5.89. The van der Waals surface area contributed by atoms with Crippen LogP contribution < -0.4 is 0 Å². The van der Waals surface area contributed by atoms with E-state index in [1.165, 1.54) is 13.3 Å². The van der Waals surface area contributed by atoms with Gasteiger partial charge >= 0.3 is 0 Å². The number of aryl methyl sites for hydroxylation is 1. The minimum Gasteiger partial charge on any atom is -0.319 e. The van der Waals surface area contributed by atoms with Crippen LogP contribution in [0, 0.1) is 10.5 Å². The van der Waals surface area contributed by atoms with E-state index in [4.69, 9.17) is 16.6 Å². The summed E-state index contributed by atoms with van der Waals surface area (Å²) in [5, 5.41) is -0.112. The Balaban J connectivity index is 2.21. The van der Waals surface area contributed by atoms with Crippen molar-refractivity contribution >= 4 is 56.6 Å². The van der Waals surface area contributed by atoms with Crippen LogP contribution in [0.3, 0.4) is 0 Å². The molecular formula is C16H16ClIN2S. The number of fused-ring (bicyclic) bond motifs is 1. The van der Waals surface area contributed by atoms with Crippen molar-refractivity contribution in [2.75, 3.05) is 0 Å². The molecule has 2 atom stereocenters. The molecule has 0 aliphatic carbocycles. The summed E-state index contributed by atoms with van der Waals surface area (Å²) in [4.78, 5) is 7.42. The number of rotatable bonds is 3. The molecular weight excluding hydrogens is 415 g/mol. The Hall–Kier alpha value is -0.590. The molecule has 0 spiro atoms. The Morgan fingerprint density at radius 1 is 1.24 bits per heavy atom. The maximum absolute atomic E-state index is 6.37. The van der Waals surface area contributed by atoms with E-state index in [1.54, 1.807) is 0 Å². The fourth-order valence-corrected chi connectivity index (χ4v) is 4.13. The zero-order valence-electron chi connectivity index (χ0n) is 12.1. The molecule has 21 heavy (non-hydrogen) atoms. The van der Waals surface area contributed by atoms with Crippen molar-refractivity contribution in [3.63, 3.8) is 0 Å². The van der Waals surface area contributed by atoms with Crippen LogP contribution in [0.4, 0.5) is 0 Å². The summed E-state index contributed by atoms with van der Waals surface area (Å²) in [6.07, 6.45) is 0. The van der Waals surface area contributed by atoms with Crippen LogP contribution >= 0.6 is 45.5 Å². The molecule has 0 aliphatic heterocycles. The maximum atomic E-state index is 6.37. The summed E-state index contributed by atoms with van der Waals surface area (Å²) in [5.41, 5.74) is 2.17. The average molecular weight is 431 g/mol. The summed E-state index contributed by atoms with van der Waals surface area (Å²) >= 11 is 10.5. The van der Waals surface area contributed by atoms with Crippen LogP contribution in [0.15, 0.2) is 30.3 Å². The fourth-order valence-electron chi connectivity index (χ4n) is 2.58. The SMILES string of the molecule is Cc1ccc(C(C)n2c(C(C)Cl)nc3cc(I)ccc32)s1. The molecule has 0 radical (unpaired) electrons. The van der Waals surface area contributed by atoms with E-state index < -0.39 is 0 Å². The monoisotopic (exact) mass is 430 g/mol. The maximum Gasteiger partial charge on any atom is 0.128 e. The second-order valence-electron chi connectivity index (χ2n) is 5.21. The van der Waals surface area contributed by atoms with Crippen LogP contribution in [0.25, 0.3) is 11.0 Å². The van der Waals surface area contributed by atoms with Gasteiger partial charge in [-0.05, 0) is 73.7 Å². The van der Waals surface area contributed by atoms with Crippen molar-refractivity contribution in [2.45, 2.75) is 32.2 Å². The van der Waals surface area contributed by atoms with Gasteiger partial charge in [0.25, 0.3) is 0 Å². The standard InChI is InChI=1S/C16H16ClIN2S/c1-9-4-7-15(21-9)11(3)20-14-6-5-12(18)8-13(14)19-16(20)10(2)17/h4-8,10-11H,1-3H3. The lowest BCUT2D eigenvalue weighted by Crippen LogP contribution is -2.10. The molecule has 0 N–H and O–H groups in total. The van der Waals surface area contributed by atoms with E-state index in [0.29, 0.717) is 0 Å². The van der Waals surface area contributed by atoms with E-state index >= 15 is 0 Å². The number of imidazole rings is 1. The third-order valence-electron chi connectivity index (χ3n) is 3.59. The highest BCUT2D eigenvalue weighted by atomic mass is 127. The fraction of sp³-hybridized carbons (Fsp3) is 0.312. The molecule has 0 aliphatic rings. The lowest BCUT2D eigenvalue weighted by atomic mass is 10.2. The predicted octanol–water partition coefficient (Wildman–Crippen LogP) is 5.92. The largest absolute Gasteiger partial charge is 0.319 e. The number of hydrogen-bond acceptors (Lipinski definition) is 2. The van der Waals surface area contributed by atoms with Crippen molar-refractivity contribution in [3.8, 4) is 0 Å². The van der Waals surface area contributed by atoms with Gasteiger partial charge in [-0.25, -0.2) is 4.98 Å². The topological polar surface area (TPSA) is 17.8 Å². The first-order valence-electron chi connectivity index (χ1n) is 6.85. The third-order valence-corrected chi connectivity index (χ3v) is 5.63. The van der Waals surface area contributed by atoms with Gasteiger partial charge in [0.05, 0.1) is 22.5 Å².